The molecule has 1 amide bonds. The molecule has 0 spiro atoms. The van der Waals surface area contributed by atoms with Crippen molar-refractivity contribution in [3.63, 3.8) is 0 Å². The molecule has 0 N–H and O–H groups in total. The summed E-state index contributed by atoms with van der Waals surface area (Å²) in [5, 5.41) is 9.37. The Kier molecular flexibility index (Phi) is 4.04. The second-order valence-electron chi connectivity index (χ2n) is 6.73. The van der Waals surface area contributed by atoms with Crippen LogP contribution < -0.4 is 0 Å². The van der Waals surface area contributed by atoms with E-state index in [0.717, 1.165) is 56.0 Å². The molecule has 2 aliphatic rings. The molecule has 1 atom stereocenters. The van der Waals surface area contributed by atoms with E-state index in [0.29, 0.717) is 17.1 Å². The maximum atomic E-state index is 12.9. The van der Waals surface area contributed by atoms with Gasteiger partial charge in [0.25, 0.3) is 5.91 Å². The third kappa shape index (κ3) is 2.61. The van der Waals surface area contributed by atoms with Crippen molar-refractivity contribution in [2.45, 2.75) is 45.1 Å². The minimum absolute atomic E-state index is 0.0702. The Hall–Kier alpha value is -1.88. The fraction of sp³-hybridized carbons (Fsp3) is 0.500. The predicted octanol–water partition coefficient (Wildman–Crippen LogP) is 3.21. The van der Waals surface area contributed by atoms with Gasteiger partial charge in [-0.15, -0.1) is 10.2 Å². The molecular weight excluding hydrogens is 324 g/mol. The molecule has 1 aromatic carbocycles. The van der Waals surface area contributed by atoms with Crippen molar-refractivity contribution in [3.8, 4) is 0 Å². The molecular formula is C18H21ClN4O. The van der Waals surface area contributed by atoms with Crippen LogP contribution >= 0.6 is 11.6 Å². The summed E-state index contributed by atoms with van der Waals surface area (Å²) >= 11 is 6.18. The molecule has 1 saturated heterocycles. The summed E-state index contributed by atoms with van der Waals surface area (Å²) < 4.78 is 2.25. The summed E-state index contributed by atoms with van der Waals surface area (Å²) in [5.74, 6) is 2.50. The van der Waals surface area contributed by atoms with E-state index >= 15 is 0 Å². The fourth-order valence-electron chi connectivity index (χ4n) is 3.86. The first-order valence-corrected chi connectivity index (χ1v) is 8.99. The highest BCUT2D eigenvalue weighted by molar-refractivity contribution is 6.31. The Labute approximate surface area is 146 Å². The van der Waals surface area contributed by atoms with Gasteiger partial charge in [0.15, 0.2) is 0 Å². The lowest BCUT2D eigenvalue weighted by Gasteiger charge is -2.32. The molecule has 1 fully saturated rings. The molecule has 0 aliphatic carbocycles. The predicted molar refractivity (Wildman–Crippen MR) is 92.4 cm³/mol. The van der Waals surface area contributed by atoms with Crippen molar-refractivity contribution < 1.29 is 4.79 Å². The van der Waals surface area contributed by atoms with Crippen LogP contribution in [-0.2, 0) is 13.0 Å². The summed E-state index contributed by atoms with van der Waals surface area (Å²) in [5.41, 5.74) is 1.56. The number of carbonyl (C=O) groups excluding carboxylic acids is 1. The third-order valence-corrected chi connectivity index (χ3v) is 5.62. The van der Waals surface area contributed by atoms with Gasteiger partial charge in [0.2, 0.25) is 0 Å². The first kappa shape index (κ1) is 15.6. The number of halogens is 1. The first-order chi connectivity index (χ1) is 11.6. The zero-order valence-corrected chi connectivity index (χ0v) is 14.6. The molecule has 3 heterocycles. The normalized spacial score (nSPS) is 20.2. The average Bonchev–Trinajstić information content (AvgIpc) is 3.20. The van der Waals surface area contributed by atoms with Crippen molar-refractivity contribution in [2.24, 2.45) is 0 Å². The second-order valence-corrected chi connectivity index (χ2v) is 7.14. The van der Waals surface area contributed by atoms with Crippen molar-refractivity contribution in [1.29, 1.82) is 0 Å². The fourth-order valence-corrected chi connectivity index (χ4v) is 4.03. The molecule has 1 unspecified atom stereocenters. The van der Waals surface area contributed by atoms with Crippen LogP contribution in [0.5, 0.6) is 0 Å². The number of hydrogen-bond acceptors (Lipinski definition) is 3. The van der Waals surface area contributed by atoms with Gasteiger partial charge in [0.1, 0.15) is 11.6 Å². The van der Waals surface area contributed by atoms with E-state index in [1.807, 2.05) is 30.0 Å². The number of hydrogen-bond donors (Lipinski definition) is 0. The number of benzene rings is 1. The first-order valence-electron chi connectivity index (χ1n) is 8.61. The largest absolute Gasteiger partial charge is 0.338 e. The highest BCUT2D eigenvalue weighted by Gasteiger charge is 2.31. The molecule has 5 nitrogen and oxygen atoms in total. The van der Waals surface area contributed by atoms with Crippen LogP contribution in [0.4, 0.5) is 0 Å². The van der Waals surface area contributed by atoms with Gasteiger partial charge < -0.3 is 9.47 Å². The highest BCUT2D eigenvalue weighted by atomic mass is 35.5. The van der Waals surface area contributed by atoms with Crippen molar-refractivity contribution >= 4 is 17.5 Å². The van der Waals surface area contributed by atoms with E-state index in [1.54, 1.807) is 0 Å². The monoisotopic (exact) mass is 344 g/mol. The number of piperidine rings is 1. The Bertz CT molecular complexity index is 785. The van der Waals surface area contributed by atoms with E-state index in [9.17, 15) is 4.79 Å². The summed E-state index contributed by atoms with van der Waals surface area (Å²) in [6.07, 6.45) is 4.23. The van der Waals surface area contributed by atoms with E-state index in [4.69, 9.17) is 11.6 Å². The Morgan fingerprint density at radius 2 is 2.12 bits per heavy atom. The van der Waals surface area contributed by atoms with Crippen LogP contribution in [0.3, 0.4) is 0 Å². The van der Waals surface area contributed by atoms with Gasteiger partial charge >= 0.3 is 0 Å². The quantitative estimate of drug-likeness (QED) is 0.840. The third-order valence-electron chi connectivity index (χ3n) is 5.21. The van der Waals surface area contributed by atoms with Crippen LogP contribution in [0.25, 0.3) is 0 Å². The minimum atomic E-state index is 0.0702. The number of likely N-dealkylation sites (tertiary alicyclic amines) is 1. The number of carbonyl (C=O) groups is 1. The lowest BCUT2D eigenvalue weighted by molar-refractivity contribution is 0.0702. The lowest BCUT2D eigenvalue weighted by Crippen LogP contribution is -2.40. The lowest BCUT2D eigenvalue weighted by atomic mass is 9.96. The zero-order valence-electron chi connectivity index (χ0n) is 13.8. The number of fused-ring (bicyclic) bond motifs is 1. The molecule has 126 valence electrons. The number of amides is 1. The molecule has 4 rings (SSSR count). The molecule has 1 aromatic heterocycles. The number of aryl methyl sites for hydroxylation is 1. The zero-order chi connectivity index (χ0) is 16.7. The maximum Gasteiger partial charge on any atom is 0.254 e. The minimum Gasteiger partial charge on any atom is -0.338 e. The molecule has 6 heteroatoms. The van der Waals surface area contributed by atoms with Gasteiger partial charge in [-0.2, -0.15) is 0 Å². The van der Waals surface area contributed by atoms with Crippen molar-refractivity contribution in [3.05, 3.63) is 46.0 Å². The molecule has 2 aromatic rings. The maximum absolute atomic E-state index is 12.9. The molecule has 0 bridgehead atoms. The Balaban J connectivity index is 1.56. The topological polar surface area (TPSA) is 51.0 Å². The van der Waals surface area contributed by atoms with E-state index < -0.39 is 0 Å². The summed E-state index contributed by atoms with van der Waals surface area (Å²) in [7, 11) is 0. The SMILES string of the molecule is Cc1c(Cl)cccc1C(=O)N1CCCC(c2nnc3n2CCC3)C1. The standard InChI is InChI=1S/C18H21ClN4O/c1-12-14(6-2-7-15(12)19)18(24)22-9-3-5-13(11-22)17-21-20-16-8-4-10-23(16)17/h2,6-7,13H,3-5,8-11H2,1H3. The van der Waals surface area contributed by atoms with Crippen LogP contribution in [0.15, 0.2) is 18.2 Å². The van der Waals surface area contributed by atoms with E-state index in [1.165, 1.54) is 0 Å². The summed E-state index contributed by atoms with van der Waals surface area (Å²) in [4.78, 5) is 14.9. The van der Waals surface area contributed by atoms with Gasteiger partial charge in [0, 0.05) is 42.6 Å². The molecule has 2 aliphatic heterocycles. The van der Waals surface area contributed by atoms with Crippen LogP contribution in [0.2, 0.25) is 5.02 Å². The van der Waals surface area contributed by atoms with E-state index in [-0.39, 0.29) is 11.8 Å². The molecule has 0 radical (unpaired) electrons. The Morgan fingerprint density at radius 1 is 1.25 bits per heavy atom. The number of rotatable bonds is 2. The van der Waals surface area contributed by atoms with Gasteiger partial charge in [-0.1, -0.05) is 17.7 Å². The average molecular weight is 345 g/mol. The smallest absolute Gasteiger partial charge is 0.254 e. The molecule has 24 heavy (non-hydrogen) atoms. The van der Waals surface area contributed by atoms with Crippen LogP contribution in [0, 0.1) is 6.92 Å². The number of aromatic nitrogens is 3. The number of nitrogens with zero attached hydrogens (tertiary/aromatic N) is 4. The Morgan fingerprint density at radius 3 is 3.00 bits per heavy atom. The van der Waals surface area contributed by atoms with Crippen LogP contribution in [0.1, 0.15) is 52.8 Å². The summed E-state index contributed by atoms with van der Waals surface area (Å²) in [6.45, 7) is 4.42. The van der Waals surface area contributed by atoms with E-state index in [2.05, 4.69) is 14.8 Å². The second kappa shape index (κ2) is 6.20. The van der Waals surface area contributed by atoms with Crippen molar-refractivity contribution in [2.75, 3.05) is 13.1 Å². The van der Waals surface area contributed by atoms with Crippen LogP contribution in [-0.4, -0.2) is 38.7 Å². The van der Waals surface area contributed by atoms with Crippen molar-refractivity contribution in [1.82, 2.24) is 19.7 Å². The van der Waals surface area contributed by atoms with Gasteiger partial charge in [-0.05, 0) is 43.9 Å². The van der Waals surface area contributed by atoms with Gasteiger partial charge in [-0.25, -0.2) is 0 Å². The summed E-state index contributed by atoms with van der Waals surface area (Å²) in [6, 6.07) is 5.53. The van der Waals surface area contributed by atoms with Gasteiger partial charge in [-0.3, -0.25) is 4.79 Å². The highest BCUT2D eigenvalue weighted by Crippen LogP contribution is 2.30. The molecule has 0 saturated carbocycles. The van der Waals surface area contributed by atoms with Gasteiger partial charge in [0.05, 0.1) is 0 Å².